The number of nitrogens with one attached hydrogen (secondary N) is 1. The molecule has 3 aromatic heterocycles. The zero-order valence-corrected chi connectivity index (χ0v) is 16.0. The summed E-state index contributed by atoms with van der Waals surface area (Å²) in [4.78, 5) is 32.9. The first-order chi connectivity index (χ1) is 14.1. The Balaban J connectivity index is 1.56. The highest BCUT2D eigenvalue weighted by Crippen LogP contribution is 2.23. The van der Waals surface area contributed by atoms with Crippen molar-refractivity contribution in [3.63, 3.8) is 0 Å². The summed E-state index contributed by atoms with van der Waals surface area (Å²) in [5.41, 5.74) is 0.933. The molecule has 0 bridgehead atoms. The number of allylic oxidation sites excluding steroid dienone is 1. The van der Waals surface area contributed by atoms with Crippen molar-refractivity contribution in [1.29, 1.82) is 0 Å². The number of carbonyl (C=O) groups excluding carboxylic acids is 1. The number of benzene rings is 1. The quantitative estimate of drug-likeness (QED) is 0.217. The lowest BCUT2D eigenvalue weighted by Gasteiger charge is -2.09. The van der Waals surface area contributed by atoms with Crippen LogP contribution in [0.2, 0.25) is 0 Å². The Bertz CT molecular complexity index is 1230. The minimum Gasteiger partial charge on any atom is -0.461 e. The van der Waals surface area contributed by atoms with Crippen LogP contribution in [0.15, 0.2) is 75.8 Å². The van der Waals surface area contributed by atoms with E-state index >= 15 is 0 Å². The van der Waals surface area contributed by atoms with Gasteiger partial charge < -0.3 is 9.15 Å². The fraction of sp³-hybridized carbons (Fsp3) is 0.100. The van der Waals surface area contributed by atoms with Crippen LogP contribution in [-0.4, -0.2) is 31.3 Å². The van der Waals surface area contributed by atoms with Crippen LogP contribution >= 0.6 is 11.8 Å². The van der Waals surface area contributed by atoms with E-state index in [1.165, 1.54) is 16.8 Å². The van der Waals surface area contributed by atoms with E-state index < -0.39 is 5.97 Å². The van der Waals surface area contributed by atoms with Gasteiger partial charge in [-0.2, -0.15) is 4.98 Å². The second-order valence-corrected chi connectivity index (χ2v) is 6.93. The maximum atomic E-state index is 12.4. The molecule has 3 heterocycles. The van der Waals surface area contributed by atoms with E-state index in [0.29, 0.717) is 34.6 Å². The highest BCUT2D eigenvalue weighted by Gasteiger charge is 2.15. The summed E-state index contributed by atoms with van der Waals surface area (Å²) >= 11 is 1.13. The lowest BCUT2D eigenvalue weighted by molar-refractivity contribution is -0.131. The average Bonchev–Trinajstić information content (AvgIpc) is 3.36. The molecule has 0 fully saturated rings. The summed E-state index contributed by atoms with van der Waals surface area (Å²) in [6, 6.07) is 12.1. The van der Waals surface area contributed by atoms with Crippen LogP contribution in [0.5, 0.6) is 5.75 Å². The molecule has 0 atom stereocenters. The maximum absolute atomic E-state index is 12.4. The van der Waals surface area contributed by atoms with Crippen LogP contribution in [-0.2, 0) is 11.2 Å². The largest absolute Gasteiger partial charge is 0.461 e. The molecule has 0 amide bonds. The SMILES string of the molecule is C=CCc1ccccc1OC(=O)CSc1nc(-c2ccco2)nc2cc(=O)[nH]n12. The Morgan fingerprint density at radius 1 is 1.28 bits per heavy atom. The fourth-order valence-electron chi connectivity index (χ4n) is 2.70. The third kappa shape index (κ3) is 4.14. The van der Waals surface area contributed by atoms with Crippen LogP contribution in [0.1, 0.15) is 5.56 Å². The van der Waals surface area contributed by atoms with E-state index in [9.17, 15) is 9.59 Å². The van der Waals surface area contributed by atoms with Gasteiger partial charge >= 0.3 is 5.97 Å². The zero-order chi connectivity index (χ0) is 20.2. The van der Waals surface area contributed by atoms with E-state index in [1.807, 2.05) is 12.1 Å². The number of hydrogen-bond acceptors (Lipinski definition) is 7. The molecule has 4 rings (SSSR count). The summed E-state index contributed by atoms with van der Waals surface area (Å²) in [6.45, 7) is 3.71. The monoisotopic (exact) mass is 408 g/mol. The molecule has 4 aromatic rings. The molecule has 9 heteroatoms. The summed E-state index contributed by atoms with van der Waals surface area (Å²) in [5, 5.41) is 3.01. The van der Waals surface area contributed by atoms with Crippen molar-refractivity contribution < 1.29 is 13.9 Å². The number of fused-ring (bicyclic) bond motifs is 1. The third-order valence-electron chi connectivity index (χ3n) is 3.95. The van der Waals surface area contributed by atoms with Crippen LogP contribution in [0.3, 0.4) is 0 Å². The third-order valence-corrected chi connectivity index (χ3v) is 4.86. The lowest BCUT2D eigenvalue weighted by Crippen LogP contribution is -2.13. The topological polar surface area (TPSA) is 102 Å². The molecule has 0 aliphatic heterocycles. The van der Waals surface area contributed by atoms with Gasteiger partial charge in [-0.05, 0) is 30.2 Å². The van der Waals surface area contributed by atoms with E-state index in [4.69, 9.17) is 9.15 Å². The van der Waals surface area contributed by atoms with Gasteiger partial charge in [-0.15, -0.1) is 6.58 Å². The van der Waals surface area contributed by atoms with Crippen molar-refractivity contribution in [3.05, 3.63) is 77.3 Å². The zero-order valence-electron chi connectivity index (χ0n) is 15.2. The number of aromatic amines is 1. The molecule has 146 valence electrons. The number of rotatable bonds is 7. The van der Waals surface area contributed by atoms with Gasteiger partial charge in [0.15, 0.2) is 22.4 Å². The van der Waals surface area contributed by atoms with Crippen LogP contribution < -0.4 is 10.3 Å². The highest BCUT2D eigenvalue weighted by atomic mass is 32.2. The molecule has 0 spiro atoms. The number of para-hydroxylation sites is 1. The predicted molar refractivity (Wildman–Crippen MR) is 108 cm³/mol. The first kappa shape index (κ1) is 18.8. The summed E-state index contributed by atoms with van der Waals surface area (Å²) in [6.07, 6.45) is 3.86. The first-order valence-electron chi connectivity index (χ1n) is 8.70. The number of carbonyl (C=O) groups is 1. The van der Waals surface area contributed by atoms with Crippen molar-refractivity contribution in [2.24, 2.45) is 0 Å². The van der Waals surface area contributed by atoms with Crippen molar-refractivity contribution in [2.75, 3.05) is 5.75 Å². The van der Waals surface area contributed by atoms with Crippen LogP contribution in [0, 0.1) is 0 Å². The van der Waals surface area contributed by atoms with Crippen LogP contribution in [0.25, 0.3) is 17.2 Å². The molecular formula is C20H16N4O4S. The Hall–Kier alpha value is -3.59. The second kappa shape index (κ2) is 8.19. The van der Waals surface area contributed by atoms with E-state index in [-0.39, 0.29) is 11.3 Å². The number of nitrogens with zero attached hydrogens (tertiary/aromatic N) is 3. The molecule has 1 aromatic carbocycles. The lowest BCUT2D eigenvalue weighted by atomic mass is 10.1. The van der Waals surface area contributed by atoms with Gasteiger partial charge in [0.05, 0.1) is 12.0 Å². The number of H-pyrrole nitrogens is 1. The first-order valence-corrected chi connectivity index (χ1v) is 9.68. The molecule has 0 aliphatic rings. The second-order valence-electron chi connectivity index (χ2n) is 5.98. The van der Waals surface area contributed by atoms with Gasteiger partial charge in [-0.3, -0.25) is 14.7 Å². The van der Waals surface area contributed by atoms with Crippen molar-refractivity contribution in [2.45, 2.75) is 11.6 Å². The fourth-order valence-corrected chi connectivity index (χ4v) is 3.42. The highest BCUT2D eigenvalue weighted by molar-refractivity contribution is 7.99. The number of esters is 1. The number of thioether (sulfide) groups is 1. The van der Waals surface area contributed by atoms with Gasteiger partial charge in [0.25, 0.3) is 5.56 Å². The van der Waals surface area contributed by atoms with E-state index in [1.54, 1.807) is 30.3 Å². The van der Waals surface area contributed by atoms with Crippen molar-refractivity contribution in [3.8, 4) is 17.3 Å². The standard InChI is InChI=1S/C20H16N4O4S/c1-2-6-13-7-3-4-8-14(13)28-18(26)12-29-20-22-19(15-9-5-10-27-15)21-16-11-17(25)23-24(16)20/h2-5,7-11H,1,6,12H2,(H,23,25). The molecule has 0 radical (unpaired) electrons. The molecule has 0 aliphatic carbocycles. The maximum Gasteiger partial charge on any atom is 0.321 e. The minimum atomic E-state index is -0.438. The number of hydrogen-bond donors (Lipinski definition) is 1. The Morgan fingerprint density at radius 2 is 2.14 bits per heavy atom. The van der Waals surface area contributed by atoms with Gasteiger partial charge in [0.1, 0.15) is 5.75 Å². The number of aromatic nitrogens is 4. The number of ether oxygens (including phenoxy) is 1. The Labute approximate surface area is 169 Å². The predicted octanol–water partition coefficient (Wildman–Crippen LogP) is 3.10. The molecule has 29 heavy (non-hydrogen) atoms. The molecule has 8 nitrogen and oxygen atoms in total. The Morgan fingerprint density at radius 3 is 2.93 bits per heavy atom. The van der Waals surface area contributed by atoms with Crippen molar-refractivity contribution in [1.82, 2.24) is 19.6 Å². The number of furan rings is 1. The summed E-state index contributed by atoms with van der Waals surface area (Å²) in [5.74, 6) is 0.834. The Kier molecular flexibility index (Phi) is 5.30. The molecular weight excluding hydrogens is 392 g/mol. The van der Waals surface area contributed by atoms with E-state index in [0.717, 1.165) is 17.3 Å². The van der Waals surface area contributed by atoms with Crippen molar-refractivity contribution >= 4 is 23.4 Å². The summed E-state index contributed by atoms with van der Waals surface area (Å²) < 4.78 is 12.3. The average molecular weight is 408 g/mol. The molecule has 1 N–H and O–H groups in total. The molecule has 0 saturated heterocycles. The van der Waals surface area contributed by atoms with Gasteiger partial charge in [-0.1, -0.05) is 36.0 Å². The van der Waals surface area contributed by atoms with Gasteiger partial charge in [0, 0.05) is 6.07 Å². The normalized spacial score (nSPS) is 10.9. The smallest absolute Gasteiger partial charge is 0.321 e. The van der Waals surface area contributed by atoms with Crippen LogP contribution in [0.4, 0.5) is 0 Å². The molecule has 0 saturated carbocycles. The minimum absolute atomic E-state index is 0.00760. The van der Waals surface area contributed by atoms with Gasteiger partial charge in [0.2, 0.25) is 0 Å². The summed E-state index contributed by atoms with van der Waals surface area (Å²) in [7, 11) is 0. The van der Waals surface area contributed by atoms with E-state index in [2.05, 4.69) is 21.6 Å². The van der Waals surface area contributed by atoms with Gasteiger partial charge in [-0.25, -0.2) is 9.50 Å². The molecule has 0 unspecified atom stereocenters.